The van der Waals surface area contributed by atoms with E-state index in [1.54, 1.807) is 6.07 Å². The maximum atomic E-state index is 11.3. The molecule has 0 unspecified atom stereocenters. The van der Waals surface area contributed by atoms with Crippen LogP contribution in [0.4, 0.5) is 5.69 Å². The van der Waals surface area contributed by atoms with Crippen LogP contribution in [0.25, 0.3) is 0 Å². The average Bonchev–Trinajstić information content (AvgIpc) is 2.53. The normalized spacial score (nSPS) is 13.8. The Hall–Kier alpha value is -2.36. The second-order valence-corrected chi connectivity index (χ2v) is 5.27. The zero-order valence-corrected chi connectivity index (χ0v) is 11.8. The summed E-state index contributed by atoms with van der Waals surface area (Å²) in [5, 5.41) is 9.31. The minimum atomic E-state index is -0.835. The first-order valence-electron chi connectivity index (χ1n) is 7.26. The van der Waals surface area contributed by atoms with Crippen LogP contribution in [0.1, 0.15) is 28.0 Å². The summed E-state index contributed by atoms with van der Waals surface area (Å²) in [6, 6.07) is 11.5. The number of anilines is 1. The molecule has 4 heteroatoms. The summed E-state index contributed by atoms with van der Waals surface area (Å²) in [6.45, 7) is 1.84. The van der Waals surface area contributed by atoms with E-state index in [1.807, 2.05) is 36.5 Å². The standard InChI is InChI=1S/C17H18N2O2/c20-17(21)15-6-3-8-16-14(15)7-4-11-19(16)12-9-13-5-1-2-10-18-13/h1-3,5-6,8,10H,4,7,9,11-12H2,(H,20,21). The molecular weight excluding hydrogens is 264 g/mol. The molecule has 0 amide bonds. The average molecular weight is 282 g/mol. The summed E-state index contributed by atoms with van der Waals surface area (Å²) >= 11 is 0. The van der Waals surface area contributed by atoms with Gasteiger partial charge in [-0.25, -0.2) is 4.79 Å². The SMILES string of the molecule is O=C(O)c1cccc2c1CCCN2CCc1ccccn1. The van der Waals surface area contributed by atoms with E-state index in [1.165, 1.54) is 0 Å². The van der Waals surface area contributed by atoms with Crippen molar-refractivity contribution in [3.05, 3.63) is 59.4 Å². The Labute approximate surface area is 124 Å². The quantitative estimate of drug-likeness (QED) is 0.937. The van der Waals surface area contributed by atoms with Crippen molar-refractivity contribution < 1.29 is 9.90 Å². The number of aromatic carboxylic acids is 1. The van der Waals surface area contributed by atoms with E-state index in [-0.39, 0.29) is 0 Å². The molecule has 0 saturated carbocycles. The molecule has 0 atom stereocenters. The topological polar surface area (TPSA) is 53.4 Å². The highest BCUT2D eigenvalue weighted by atomic mass is 16.4. The Morgan fingerprint density at radius 2 is 2.14 bits per heavy atom. The van der Waals surface area contributed by atoms with Gasteiger partial charge in [0.2, 0.25) is 0 Å². The third kappa shape index (κ3) is 2.89. The summed E-state index contributed by atoms with van der Waals surface area (Å²) < 4.78 is 0. The molecule has 2 aromatic rings. The Bertz CT molecular complexity index is 640. The zero-order chi connectivity index (χ0) is 14.7. The molecule has 1 aromatic heterocycles. The van der Waals surface area contributed by atoms with E-state index in [9.17, 15) is 9.90 Å². The molecule has 3 rings (SSSR count). The number of hydrogen-bond donors (Lipinski definition) is 1. The summed E-state index contributed by atoms with van der Waals surface area (Å²) in [5.41, 5.74) is 3.54. The van der Waals surface area contributed by atoms with E-state index < -0.39 is 5.97 Å². The fraction of sp³-hybridized carbons (Fsp3) is 0.294. The van der Waals surface area contributed by atoms with Crippen LogP contribution < -0.4 is 4.90 Å². The Morgan fingerprint density at radius 3 is 2.90 bits per heavy atom. The van der Waals surface area contributed by atoms with Gasteiger partial charge in [-0.2, -0.15) is 0 Å². The molecule has 108 valence electrons. The second kappa shape index (κ2) is 5.95. The molecule has 0 saturated heterocycles. The van der Waals surface area contributed by atoms with Crippen LogP contribution in [0.5, 0.6) is 0 Å². The number of carboxylic acids is 1. The van der Waals surface area contributed by atoms with Crippen molar-refractivity contribution in [3.63, 3.8) is 0 Å². The molecule has 0 radical (unpaired) electrons. The molecular formula is C17H18N2O2. The lowest BCUT2D eigenvalue weighted by atomic mass is 9.96. The van der Waals surface area contributed by atoms with Crippen molar-refractivity contribution >= 4 is 11.7 Å². The first-order chi connectivity index (χ1) is 10.3. The smallest absolute Gasteiger partial charge is 0.336 e. The van der Waals surface area contributed by atoms with Gasteiger partial charge < -0.3 is 10.0 Å². The number of carbonyl (C=O) groups is 1. The van der Waals surface area contributed by atoms with Crippen LogP contribution in [0.3, 0.4) is 0 Å². The van der Waals surface area contributed by atoms with E-state index in [2.05, 4.69) is 9.88 Å². The maximum Gasteiger partial charge on any atom is 0.336 e. The first-order valence-corrected chi connectivity index (χ1v) is 7.26. The fourth-order valence-electron chi connectivity index (χ4n) is 2.93. The Morgan fingerprint density at radius 1 is 1.24 bits per heavy atom. The molecule has 0 spiro atoms. The van der Waals surface area contributed by atoms with Gasteiger partial charge in [0.15, 0.2) is 0 Å². The molecule has 0 bridgehead atoms. The Kier molecular flexibility index (Phi) is 3.86. The number of pyridine rings is 1. The first kappa shape index (κ1) is 13.6. The fourth-order valence-corrected chi connectivity index (χ4v) is 2.93. The predicted molar refractivity (Wildman–Crippen MR) is 81.9 cm³/mol. The maximum absolute atomic E-state index is 11.3. The van der Waals surface area contributed by atoms with Crippen molar-refractivity contribution in [1.29, 1.82) is 0 Å². The van der Waals surface area contributed by atoms with Crippen LogP contribution in [-0.2, 0) is 12.8 Å². The molecule has 0 fully saturated rings. The molecule has 1 aliphatic rings. The van der Waals surface area contributed by atoms with Gasteiger partial charge in [0.1, 0.15) is 0 Å². The second-order valence-electron chi connectivity index (χ2n) is 5.27. The number of hydrogen-bond acceptors (Lipinski definition) is 3. The van der Waals surface area contributed by atoms with Crippen LogP contribution in [-0.4, -0.2) is 29.1 Å². The van der Waals surface area contributed by atoms with Crippen LogP contribution in [0, 0.1) is 0 Å². The van der Waals surface area contributed by atoms with Crippen LogP contribution in [0.2, 0.25) is 0 Å². The third-order valence-electron chi connectivity index (χ3n) is 3.94. The van der Waals surface area contributed by atoms with E-state index in [4.69, 9.17) is 0 Å². The highest BCUT2D eigenvalue weighted by molar-refractivity contribution is 5.91. The lowest BCUT2D eigenvalue weighted by molar-refractivity contribution is 0.0695. The summed E-state index contributed by atoms with van der Waals surface area (Å²) in [5.74, 6) is -0.835. The van der Waals surface area contributed by atoms with Crippen molar-refractivity contribution in [1.82, 2.24) is 4.98 Å². The number of benzene rings is 1. The molecule has 1 aliphatic heterocycles. The highest BCUT2D eigenvalue weighted by Gasteiger charge is 2.21. The minimum Gasteiger partial charge on any atom is -0.478 e. The van der Waals surface area contributed by atoms with Crippen molar-refractivity contribution in [3.8, 4) is 0 Å². The van der Waals surface area contributed by atoms with E-state index >= 15 is 0 Å². The van der Waals surface area contributed by atoms with Crippen LogP contribution >= 0.6 is 0 Å². The summed E-state index contributed by atoms with van der Waals surface area (Å²) in [6.07, 6.45) is 4.52. The van der Waals surface area contributed by atoms with Crippen molar-refractivity contribution in [2.75, 3.05) is 18.0 Å². The molecule has 2 heterocycles. The lowest BCUT2D eigenvalue weighted by Gasteiger charge is -2.32. The minimum absolute atomic E-state index is 0.440. The largest absolute Gasteiger partial charge is 0.478 e. The van der Waals surface area contributed by atoms with Gasteiger partial charge in [-0.3, -0.25) is 4.98 Å². The summed E-state index contributed by atoms with van der Waals surface area (Å²) in [7, 11) is 0. The molecule has 21 heavy (non-hydrogen) atoms. The van der Waals surface area contributed by atoms with Gasteiger partial charge in [0, 0.05) is 37.1 Å². The van der Waals surface area contributed by atoms with Gasteiger partial charge in [-0.05, 0) is 42.7 Å². The highest BCUT2D eigenvalue weighted by Crippen LogP contribution is 2.30. The zero-order valence-electron chi connectivity index (χ0n) is 11.8. The number of carboxylic acid groups (broad SMARTS) is 1. The monoisotopic (exact) mass is 282 g/mol. The third-order valence-corrected chi connectivity index (χ3v) is 3.94. The van der Waals surface area contributed by atoms with Gasteiger partial charge in [-0.15, -0.1) is 0 Å². The summed E-state index contributed by atoms with van der Waals surface area (Å²) in [4.78, 5) is 18.0. The van der Waals surface area contributed by atoms with E-state index in [0.29, 0.717) is 5.56 Å². The van der Waals surface area contributed by atoms with Crippen LogP contribution in [0.15, 0.2) is 42.6 Å². The predicted octanol–water partition coefficient (Wildman–Crippen LogP) is 2.78. The van der Waals surface area contributed by atoms with E-state index in [0.717, 1.165) is 49.3 Å². The van der Waals surface area contributed by atoms with Gasteiger partial charge in [0.05, 0.1) is 5.56 Å². The molecule has 4 nitrogen and oxygen atoms in total. The van der Waals surface area contributed by atoms with Crippen molar-refractivity contribution in [2.24, 2.45) is 0 Å². The Balaban J connectivity index is 1.81. The lowest BCUT2D eigenvalue weighted by Crippen LogP contribution is -2.32. The number of fused-ring (bicyclic) bond motifs is 1. The van der Waals surface area contributed by atoms with Crippen molar-refractivity contribution in [2.45, 2.75) is 19.3 Å². The van der Waals surface area contributed by atoms with Gasteiger partial charge in [0.25, 0.3) is 0 Å². The van der Waals surface area contributed by atoms with Gasteiger partial charge in [-0.1, -0.05) is 12.1 Å². The molecule has 1 N–H and O–H groups in total. The number of nitrogens with zero attached hydrogens (tertiary/aromatic N) is 2. The van der Waals surface area contributed by atoms with Gasteiger partial charge >= 0.3 is 5.97 Å². The molecule has 0 aliphatic carbocycles. The number of aromatic nitrogens is 1. The number of rotatable bonds is 4. The molecule has 1 aromatic carbocycles.